The van der Waals surface area contributed by atoms with E-state index in [1.54, 1.807) is 31.4 Å². The Morgan fingerprint density at radius 3 is 2.43 bits per heavy atom. The molecule has 0 radical (unpaired) electrons. The zero-order valence-electron chi connectivity index (χ0n) is 17.8. The fourth-order valence-corrected chi connectivity index (χ4v) is 2.72. The van der Waals surface area contributed by atoms with Gasteiger partial charge >= 0.3 is 12.0 Å². The summed E-state index contributed by atoms with van der Waals surface area (Å²) in [5, 5.41) is 5.56. The molecule has 0 aliphatic heterocycles. The lowest BCUT2D eigenvalue weighted by Crippen LogP contribution is -2.30. The van der Waals surface area contributed by atoms with Crippen LogP contribution in [0.1, 0.15) is 42.6 Å². The molecular weight excluding hydrogens is 384 g/mol. The van der Waals surface area contributed by atoms with Gasteiger partial charge in [-0.1, -0.05) is 19.4 Å². The molecule has 2 aromatic carbocycles. The number of benzene rings is 2. The van der Waals surface area contributed by atoms with Crippen molar-refractivity contribution in [3.05, 3.63) is 53.6 Å². The van der Waals surface area contributed by atoms with Gasteiger partial charge in [-0.05, 0) is 61.7 Å². The molecule has 162 valence electrons. The second-order valence-corrected chi connectivity index (χ2v) is 6.62. The molecule has 0 spiro atoms. The van der Waals surface area contributed by atoms with Gasteiger partial charge in [0.1, 0.15) is 0 Å². The monoisotopic (exact) mass is 414 g/mol. The van der Waals surface area contributed by atoms with Crippen LogP contribution in [-0.2, 0) is 11.2 Å². The fraction of sp³-hybridized carbons (Fsp3) is 0.391. The Morgan fingerprint density at radius 1 is 1.00 bits per heavy atom. The van der Waals surface area contributed by atoms with Crippen LogP contribution >= 0.6 is 0 Å². The molecule has 2 aromatic rings. The van der Waals surface area contributed by atoms with Crippen molar-refractivity contribution in [3.63, 3.8) is 0 Å². The summed E-state index contributed by atoms with van der Waals surface area (Å²) in [7, 11) is 1.60. The van der Waals surface area contributed by atoms with Gasteiger partial charge in [0.15, 0.2) is 11.5 Å². The topological polar surface area (TPSA) is 85.9 Å². The van der Waals surface area contributed by atoms with Crippen molar-refractivity contribution >= 4 is 17.7 Å². The Morgan fingerprint density at radius 2 is 1.77 bits per heavy atom. The molecule has 2 N–H and O–H groups in total. The largest absolute Gasteiger partial charge is 0.493 e. The van der Waals surface area contributed by atoms with E-state index in [-0.39, 0.29) is 12.0 Å². The maximum Gasteiger partial charge on any atom is 0.338 e. The van der Waals surface area contributed by atoms with Gasteiger partial charge in [0, 0.05) is 12.2 Å². The third kappa shape index (κ3) is 7.31. The molecule has 0 aromatic heterocycles. The number of methoxy groups -OCH3 is 1. The molecular formula is C23H30N2O5. The maximum absolute atomic E-state index is 12.1. The van der Waals surface area contributed by atoms with E-state index in [0.717, 1.165) is 18.4 Å². The summed E-state index contributed by atoms with van der Waals surface area (Å²) in [5.41, 5.74) is 2.09. The number of amides is 2. The summed E-state index contributed by atoms with van der Waals surface area (Å²) in [6, 6.07) is 12.0. The smallest absolute Gasteiger partial charge is 0.338 e. The molecule has 0 heterocycles. The van der Waals surface area contributed by atoms with Gasteiger partial charge < -0.3 is 24.8 Å². The minimum Gasteiger partial charge on any atom is -0.493 e. The molecule has 0 aliphatic carbocycles. The van der Waals surface area contributed by atoms with Crippen LogP contribution in [0.2, 0.25) is 0 Å². The van der Waals surface area contributed by atoms with Crippen LogP contribution in [0.15, 0.2) is 42.5 Å². The van der Waals surface area contributed by atoms with Crippen molar-refractivity contribution < 1.29 is 23.8 Å². The van der Waals surface area contributed by atoms with Crippen LogP contribution in [0.5, 0.6) is 11.5 Å². The molecule has 0 saturated carbocycles. The highest BCUT2D eigenvalue weighted by molar-refractivity contribution is 5.92. The SMILES string of the molecule is CCCCOC(=O)c1ccc(NC(=O)NCCc2ccc(OCC)c(OC)c2)cc1. The van der Waals surface area contributed by atoms with Crippen molar-refractivity contribution in [3.8, 4) is 11.5 Å². The van der Waals surface area contributed by atoms with Crippen LogP contribution < -0.4 is 20.1 Å². The number of unbranched alkanes of at least 4 members (excludes halogenated alkanes) is 1. The van der Waals surface area contributed by atoms with Crippen molar-refractivity contribution in [1.29, 1.82) is 0 Å². The summed E-state index contributed by atoms with van der Waals surface area (Å²) < 4.78 is 16.0. The van der Waals surface area contributed by atoms with Gasteiger partial charge in [-0.25, -0.2) is 9.59 Å². The fourth-order valence-electron chi connectivity index (χ4n) is 2.72. The number of urea groups is 1. The third-order valence-electron chi connectivity index (χ3n) is 4.34. The first-order valence-corrected chi connectivity index (χ1v) is 10.2. The van der Waals surface area contributed by atoms with E-state index >= 15 is 0 Å². The van der Waals surface area contributed by atoms with E-state index in [4.69, 9.17) is 14.2 Å². The van der Waals surface area contributed by atoms with Gasteiger partial charge in [-0.2, -0.15) is 0 Å². The Kier molecular flexibility index (Phi) is 9.51. The van der Waals surface area contributed by atoms with Gasteiger partial charge in [-0.15, -0.1) is 0 Å². The number of ether oxygens (including phenoxy) is 3. The second kappa shape index (κ2) is 12.4. The summed E-state index contributed by atoms with van der Waals surface area (Å²) in [5.74, 6) is 1.02. The van der Waals surface area contributed by atoms with E-state index in [2.05, 4.69) is 10.6 Å². The number of hydrogen-bond donors (Lipinski definition) is 2. The van der Waals surface area contributed by atoms with E-state index < -0.39 is 0 Å². The highest BCUT2D eigenvalue weighted by Crippen LogP contribution is 2.28. The molecule has 0 bridgehead atoms. The lowest BCUT2D eigenvalue weighted by atomic mass is 10.1. The van der Waals surface area contributed by atoms with Gasteiger partial charge in [-0.3, -0.25) is 0 Å². The first-order valence-electron chi connectivity index (χ1n) is 10.2. The van der Waals surface area contributed by atoms with Crippen molar-refractivity contribution in [2.75, 3.05) is 32.2 Å². The molecule has 7 nitrogen and oxygen atoms in total. The average molecular weight is 415 g/mol. The molecule has 0 saturated heterocycles. The number of carbonyl (C=O) groups excluding carboxylic acids is 2. The molecule has 30 heavy (non-hydrogen) atoms. The first kappa shape index (κ1) is 23.1. The minimum absolute atomic E-state index is 0.314. The van der Waals surface area contributed by atoms with Crippen molar-refractivity contribution in [2.24, 2.45) is 0 Å². The zero-order chi connectivity index (χ0) is 21.8. The molecule has 0 unspecified atom stereocenters. The lowest BCUT2D eigenvalue weighted by molar-refractivity contribution is 0.0499. The zero-order valence-corrected chi connectivity index (χ0v) is 17.8. The van der Waals surface area contributed by atoms with Gasteiger partial charge in [0.05, 0.1) is 25.9 Å². The van der Waals surface area contributed by atoms with Crippen LogP contribution in [0.25, 0.3) is 0 Å². The van der Waals surface area contributed by atoms with Crippen LogP contribution in [0, 0.1) is 0 Å². The highest BCUT2D eigenvalue weighted by atomic mass is 16.5. The standard InChI is InChI=1S/C23H30N2O5/c1-4-6-15-30-22(26)18-8-10-19(11-9-18)25-23(27)24-14-13-17-7-12-20(29-5-2)21(16-17)28-3/h7-12,16H,4-6,13-15H2,1-3H3,(H2,24,25,27). The van der Waals surface area contributed by atoms with Crippen LogP contribution in [0.4, 0.5) is 10.5 Å². The van der Waals surface area contributed by atoms with Gasteiger partial charge in [0.25, 0.3) is 0 Å². The minimum atomic E-state index is -0.356. The van der Waals surface area contributed by atoms with Crippen molar-refractivity contribution in [1.82, 2.24) is 5.32 Å². The predicted molar refractivity (Wildman–Crippen MR) is 117 cm³/mol. The third-order valence-corrected chi connectivity index (χ3v) is 4.34. The predicted octanol–water partition coefficient (Wildman–Crippen LogP) is 4.42. The summed E-state index contributed by atoms with van der Waals surface area (Å²) >= 11 is 0. The number of rotatable bonds is 11. The number of anilines is 1. The second-order valence-electron chi connectivity index (χ2n) is 6.62. The molecule has 2 rings (SSSR count). The Hall–Kier alpha value is -3.22. The molecule has 0 aliphatic rings. The Bertz CT molecular complexity index is 821. The number of nitrogens with one attached hydrogen (secondary N) is 2. The molecule has 2 amide bonds. The Balaban J connectivity index is 1.78. The average Bonchev–Trinajstić information content (AvgIpc) is 2.75. The van der Waals surface area contributed by atoms with E-state index in [1.165, 1.54) is 0 Å². The summed E-state index contributed by atoms with van der Waals surface area (Å²) in [6.07, 6.45) is 2.46. The first-order chi connectivity index (χ1) is 14.6. The lowest BCUT2D eigenvalue weighted by Gasteiger charge is -2.12. The number of carbonyl (C=O) groups is 2. The summed E-state index contributed by atoms with van der Waals surface area (Å²) in [4.78, 5) is 24.0. The maximum atomic E-state index is 12.1. The Labute approximate surface area is 177 Å². The molecule has 0 atom stereocenters. The number of hydrogen-bond acceptors (Lipinski definition) is 5. The highest BCUT2D eigenvalue weighted by Gasteiger charge is 2.08. The molecule has 0 fully saturated rings. The van der Waals surface area contributed by atoms with Crippen LogP contribution in [0.3, 0.4) is 0 Å². The van der Waals surface area contributed by atoms with E-state index in [1.807, 2.05) is 32.0 Å². The van der Waals surface area contributed by atoms with E-state index in [9.17, 15) is 9.59 Å². The summed E-state index contributed by atoms with van der Waals surface area (Å²) in [6.45, 7) is 5.40. The normalized spacial score (nSPS) is 10.2. The van der Waals surface area contributed by atoms with Crippen molar-refractivity contribution in [2.45, 2.75) is 33.1 Å². The quantitative estimate of drug-likeness (QED) is 0.420. The molecule has 7 heteroatoms. The van der Waals surface area contributed by atoms with E-state index in [0.29, 0.717) is 48.9 Å². The van der Waals surface area contributed by atoms with Crippen LogP contribution in [-0.4, -0.2) is 38.9 Å². The number of esters is 1. The van der Waals surface area contributed by atoms with Gasteiger partial charge in [0.2, 0.25) is 0 Å².